The maximum Gasteiger partial charge on any atom is 0.236 e. The molecule has 1 N–H and O–H groups in total. The van der Waals surface area contributed by atoms with E-state index < -0.39 is 0 Å². The SMILES string of the molecule is CC(=O)NN=Cc1c(Cl)cccc1Cl. The first-order valence-electron chi connectivity index (χ1n) is 3.85. The van der Waals surface area contributed by atoms with Crippen molar-refractivity contribution in [2.75, 3.05) is 0 Å². The van der Waals surface area contributed by atoms with Crippen molar-refractivity contribution < 1.29 is 4.79 Å². The first kappa shape index (κ1) is 11.0. The second-order valence-electron chi connectivity index (χ2n) is 2.56. The minimum Gasteiger partial charge on any atom is -0.274 e. The summed E-state index contributed by atoms with van der Waals surface area (Å²) in [6.45, 7) is 1.37. The number of amides is 1. The maximum atomic E-state index is 10.5. The van der Waals surface area contributed by atoms with E-state index in [1.165, 1.54) is 13.1 Å². The Morgan fingerprint density at radius 2 is 2.00 bits per heavy atom. The van der Waals surface area contributed by atoms with Gasteiger partial charge in [-0.05, 0) is 12.1 Å². The van der Waals surface area contributed by atoms with E-state index in [4.69, 9.17) is 23.2 Å². The molecule has 0 radical (unpaired) electrons. The lowest BCUT2D eigenvalue weighted by Crippen LogP contribution is -2.12. The van der Waals surface area contributed by atoms with Gasteiger partial charge in [0, 0.05) is 12.5 Å². The number of carbonyl (C=O) groups is 1. The molecule has 0 heterocycles. The Labute approximate surface area is 91.7 Å². The Bertz CT molecular complexity index is 357. The summed E-state index contributed by atoms with van der Waals surface area (Å²) in [6, 6.07) is 5.13. The van der Waals surface area contributed by atoms with Crippen LogP contribution in [0, 0.1) is 0 Å². The molecule has 0 saturated heterocycles. The Hall–Kier alpha value is -1.06. The largest absolute Gasteiger partial charge is 0.274 e. The molecule has 0 fully saturated rings. The average Bonchev–Trinajstić information content (AvgIpc) is 2.09. The van der Waals surface area contributed by atoms with Crippen LogP contribution < -0.4 is 5.43 Å². The zero-order valence-corrected chi connectivity index (χ0v) is 8.93. The number of halogens is 2. The van der Waals surface area contributed by atoms with Gasteiger partial charge < -0.3 is 0 Å². The average molecular weight is 231 g/mol. The first-order valence-corrected chi connectivity index (χ1v) is 4.60. The van der Waals surface area contributed by atoms with Crippen LogP contribution in [0.5, 0.6) is 0 Å². The van der Waals surface area contributed by atoms with Crippen molar-refractivity contribution >= 4 is 35.3 Å². The zero-order valence-electron chi connectivity index (χ0n) is 7.42. The van der Waals surface area contributed by atoms with Gasteiger partial charge in [-0.3, -0.25) is 4.79 Å². The molecule has 1 rings (SSSR count). The van der Waals surface area contributed by atoms with Crippen LogP contribution in [0.4, 0.5) is 0 Å². The van der Waals surface area contributed by atoms with Crippen molar-refractivity contribution in [1.29, 1.82) is 0 Å². The molecule has 0 spiro atoms. The second kappa shape index (κ2) is 4.98. The Balaban J connectivity index is 2.85. The molecule has 14 heavy (non-hydrogen) atoms. The highest BCUT2D eigenvalue weighted by Crippen LogP contribution is 2.21. The molecule has 0 atom stereocenters. The van der Waals surface area contributed by atoms with Gasteiger partial charge in [0.25, 0.3) is 0 Å². The molecule has 0 aromatic heterocycles. The normalized spacial score (nSPS) is 10.5. The van der Waals surface area contributed by atoms with Crippen LogP contribution in [-0.2, 0) is 4.79 Å². The molecule has 0 aliphatic carbocycles. The van der Waals surface area contributed by atoms with Crippen molar-refractivity contribution in [2.24, 2.45) is 5.10 Å². The topological polar surface area (TPSA) is 41.5 Å². The highest BCUT2D eigenvalue weighted by molar-refractivity contribution is 6.38. The molecular weight excluding hydrogens is 223 g/mol. The third-order valence-corrected chi connectivity index (χ3v) is 2.07. The summed E-state index contributed by atoms with van der Waals surface area (Å²) >= 11 is 11.7. The number of benzene rings is 1. The van der Waals surface area contributed by atoms with Crippen molar-refractivity contribution in [3.05, 3.63) is 33.8 Å². The van der Waals surface area contributed by atoms with Crippen LogP contribution in [0.1, 0.15) is 12.5 Å². The van der Waals surface area contributed by atoms with E-state index in [1.54, 1.807) is 18.2 Å². The van der Waals surface area contributed by atoms with Gasteiger partial charge in [0.1, 0.15) is 0 Å². The van der Waals surface area contributed by atoms with Crippen molar-refractivity contribution in [2.45, 2.75) is 6.92 Å². The molecule has 3 nitrogen and oxygen atoms in total. The summed E-state index contributed by atoms with van der Waals surface area (Å²) in [6.07, 6.45) is 1.41. The quantitative estimate of drug-likeness (QED) is 0.616. The van der Waals surface area contributed by atoms with Gasteiger partial charge >= 0.3 is 0 Å². The summed E-state index contributed by atoms with van der Waals surface area (Å²) in [5.74, 6) is -0.246. The summed E-state index contributed by atoms with van der Waals surface area (Å²) in [5, 5.41) is 4.65. The molecule has 1 amide bonds. The van der Waals surface area contributed by atoms with Gasteiger partial charge in [0.2, 0.25) is 5.91 Å². The molecule has 0 unspecified atom stereocenters. The van der Waals surface area contributed by atoms with Gasteiger partial charge in [-0.25, -0.2) is 5.43 Å². The standard InChI is InChI=1S/C9H8Cl2N2O/c1-6(14)13-12-5-7-8(10)3-2-4-9(7)11/h2-5H,1H3,(H,13,14). The highest BCUT2D eigenvalue weighted by atomic mass is 35.5. The lowest BCUT2D eigenvalue weighted by atomic mass is 10.2. The van der Waals surface area contributed by atoms with Crippen molar-refractivity contribution in [3.63, 3.8) is 0 Å². The van der Waals surface area contributed by atoms with Crippen LogP contribution in [0.15, 0.2) is 23.3 Å². The minimum absolute atomic E-state index is 0.246. The summed E-state index contributed by atoms with van der Waals surface area (Å²) in [5.41, 5.74) is 2.85. The summed E-state index contributed by atoms with van der Waals surface area (Å²) in [7, 11) is 0. The summed E-state index contributed by atoms with van der Waals surface area (Å²) < 4.78 is 0. The van der Waals surface area contributed by atoms with Crippen LogP contribution in [-0.4, -0.2) is 12.1 Å². The fourth-order valence-electron chi connectivity index (χ4n) is 0.822. The number of nitrogens with one attached hydrogen (secondary N) is 1. The minimum atomic E-state index is -0.246. The first-order chi connectivity index (χ1) is 6.61. The third-order valence-electron chi connectivity index (χ3n) is 1.42. The van der Waals surface area contributed by atoms with E-state index in [1.807, 2.05) is 0 Å². The Kier molecular flexibility index (Phi) is 3.92. The summed E-state index contributed by atoms with van der Waals surface area (Å²) in [4.78, 5) is 10.5. The number of nitrogens with zero attached hydrogens (tertiary/aromatic N) is 1. The predicted octanol–water partition coefficient (Wildman–Crippen LogP) is 2.46. The molecule has 0 aliphatic rings. The van der Waals surface area contributed by atoms with E-state index in [-0.39, 0.29) is 5.91 Å². The van der Waals surface area contributed by atoms with E-state index in [0.29, 0.717) is 15.6 Å². The van der Waals surface area contributed by atoms with Gasteiger partial charge in [-0.1, -0.05) is 29.3 Å². The molecule has 0 bridgehead atoms. The van der Waals surface area contributed by atoms with Crippen LogP contribution in [0.2, 0.25) is 10.0 Å². The van der Waals surface area contributed by atoms with Crippen LogP contribution >= 0.6 is 23.2 Å². The zero-order chi connectivity index (χ0) is 10.6. The monoisotopic (exact) mass is 230 g/mol. The second-order valence-corrected chi connectivity index (χ2v) is 3.38. The highest BCUT2D eigenvalue weighted by Gasteiger charge is 2.01. The van der Waals surface area contributed by atoms with Crippen LogP contribution in [0.25, 0.3) is 0 Å². The van der Waals surface area contributed by atoms with Gasteiger partial charge in [-0.2, -0.15) is 5.10 Å². The van der Waals surface area contributed by atoms with E-state index in [2.05, 4.69) is 10.5 Å². The fraction of sp³-hybridized carbons (Fsp3) is 0.111. The predicted molar refractivity (Wildman–Crippen MR) is 57.9 cm³/mol. The number of rotatable bonds is 2. The lowest BCUT2D eigenvalue weighted by Gasteiger charge is -1.99. The van der Waals surface area contributed by atoms with E-state index in [9.17, 15) is 4.79 Å². The van der Waals surface area contributed by atoms with E-state index in [0.717, 1.165) is 0 Å². The fourth-order valence-corrected chi connectivity index (χ4v) is 1.32. The Morgan fingerprint density at radius 3 is 2.50 bits per heavy atom. The lowest BCUT2D eigenvalue weighted by molar-refractivity contribution is -0.118. The number of hydrogen-bond donors (Lipinski definition) is 1. The van der Waals surface area contributed by atoms with Gasteiger partial charge in [0.15, 0.2) is 0 Å². The molecule has 1 aromatic rings. The molecule has 0 aliphatic heterocycles. The van der Waals surface area contributed by atoms with Gasteiger partial charge in [-0.15, -0.1) is 0 Å². The smallest absolute Gasteiger partial charge is 0.236 e. The molecule has 74 valence electrons. The number of carbonyl (C=O) groups excluding carboxylic acids is 1. The van der Waals surface area contributed by atoms with Crippen molar-refractivity contribution in [3.8, 4) is 0 Å². The van der Waals surface area contributed by atoms with Gasteiger partial charge in [0.05, 0.1) is 16.3 Å². The van der Waals surface area contributed by atoms with Crippen molar-refractivity contribution in [1.82, 2.24) is 5.43 Å². The maximum absolute atomic E-state index is 10.5. The van der Waals surface area contributed by atoms with E-state index >= 15 is 0 Å². The molecule has 5 heteroatoms. The third kappa shape index (κ3) is 3.01. The molecular formula is C9H8Cl2N2O. The van der Waals surface area contributed by atoms with Crippen LogP contribution in [0.3, 0.4) is 0 Å². The number of hydrogen-bond acceptors (Lipinski definition) is 2. The number of hydrazone groups is 1. The molecule has 1 aromatic carbocycles. The Morgan fingerprint density at radius 1 is 1.43 bits per heavy atom. The molecule has 0 saturated carbocycles.